The smallest absolute Gasteiger partial charge is 0.179 e. The van der Waals surface area contributed by atoms with E-state index in [1.165, 1.54) is 29.0 Å². The van der Waals surface area contributed by atoms with Gasteiger partial charge in [0.2, 0.25) is 0 Å². The molecule has 1 aromatic carbocycles. The third-order valence-electron chi connectivity index (χ3n) is 5.48. The van der Waals surface area contributed by atoms with Gasteiger partial charge < -0.3 is 14.2 Å². The number of aromatic nitrogens is 5. The van der Waals surface area contributed by atoms with Gasteiger partial charge in [0.05, 0.1) is 25.0 Å². The van der Waals surface area contributed by atoms with Crippen LogP contribution in [0, 0.1) is 19.7 Å². The molecule has 0 spiro atoms. The highest BCUT2D eigenvalue weighted by Crippen LogP contribution is 2.30. The van der Waals surface area contributed by atoms with Gasteiger partial charge in [-0.1, -0.05) is 0 Å². The predicted molar refractivity (Wildman–Crippen MR) is 118 cm³/mol. The van der Waals surface area contributed by atoms with Crippen LogP contribution in [-0.4, -0.2) is 49.8 Å². The first kappa shape index (κ1) is 21.0. The van der Waals surface area contributed by atoms with Gasteiger partial charge in [-0.05, 0) is 51.2 Å². The first-order valence-electron chi connectivity index (χ1n) is 10.2. The predicted octanol–water partition coefficient (Wildman–Crippen LogP) is 3.57. The number of rotatable bonds is 7. The van der Waals surface area contributed by atoms with Crippen LogP contribution >= 0.6 is 0 Å². The number of benzene rings is 1. The van der Waals surface area contributed by atoms with Crippen LogP contribution in [0.1, 0.15) is 22.6 Å². The molecular weight excluding hydrogens is 395 g/mol. The minimum absolute atomic E-state index is 0.343. The molecule has 3 aromatic heterocycles. The molecule has 162 valence electrons. The fourth-order valence-corrected chi connectivity index (χ4v) is 3.81. The molecule has 31 heavy (non-hydrogen) atoms. The van der Waals surface area contributed by atoms with Gasteiger partial charge in [-0.3, -0.25) is 9.38 Å². The number of hydrogen-bond acceptors (Lipinski definition) is 5. The third kappa shape index (κ3) is 4.29. The first-order chi connectivity index (χ1) is 14.8. The molecule has 0 aliphatic carbocycles. The van der Waals surface area contributed by atoms with Gasteiger partial charge in [0.25, 0.3) is 0 Å². The lowest BCUT2D eigenvalue weighted by molar-refractivity contribution is 0.321. The number of halogens is 1. The minimum atomic E-state index is -0.343. The topological polar surface area (TPSA) is 60.5 Å². The monoisotopic (exact) mass is 422 g/mol. The summed E-state index contributed by atoms with van der Waals surface area (Å²) in [5.41, 5.74) is 5.78. The zero-order valence-electron chi connectivity index (χ0n) is 18.6. The number of fused-ring (bicyclic) bond motifs is 1. The molecule has 0 N–H and O–H groups in total. The molecule has 4 rings (SSSR count). The van der Waals surface area contributed by atoms with Gasteiger partial charge >= 0.3 is 0 Å². The van der Waals surface area contributed by atoms with Gasteiger partial charge in [-0.2, -0.15) is 0 Å². The quantitative estimate of drug-likeness (QED) is 0.456. The van der Waals surface area contributed by atoms with E-state index in [1.807, 2.05) is 36.6 Å². The van der Waals surface area contributed by atoms with Crippen molar-refractivity contribution in [3.63, 3.8) is 0 Å². The summed E-state index contributed by atoms with van der Waals surface area (Å²) >= 11 is 0. The third-order valence-corrected chi connectivity index (χ3v) is 5.48. The number of hydrogen-bond donors (Lipinski definition) is 0. The average molecular weight is 423 g/mol. The molecule has 0 radical (unpaired) electrons. The second-order valence-electron chi connectivity index (χ2n) is 8.08. The van der Waals surface area contributed by atoms with Crippen LogP contribution in [0.2, 0.25) is 0 Å². The van der Waals surface area contributed by atoms with Crippen LogP contribution in [0.25, 0.3) is 16.9 Å². The zero-order valence-corrected chi connectivity index (χ0v) is 18.6. The van der Waals surface area contributed by atoms with E-state index in [0.29, 0.717) is 30.2 Å². The Balaban J connectivity index is 1.62. The second-order valence-corrected chi connectivity index (χ2v) is 8.08. The van der Waals surface area contributed by atoms with Crippen molar-refractivity contribution in [2.24, 2.45) is 7.05 Å². The van der Waals surface area contributed by atoms with Gasteiger partial charge in [0, 0.05) is 43.2 Å². The highest BCUT2D eigenvalue weighted by molar-refractivity contribution is 5.67. The molecule has 0 atom stereocenters. The maximum atomic E-state index is 14.0. The summed E-state index contributed by atoms with van der Waals surface area (Å²) in [5, 5.41) is 8.42. The molecular formula is C23H27FN6O. The standard InChI is InChI=1S/C23H27FN6O/c1-15-12-29(5)16(2)18(15)8-9-31-21-10-17(24)6-7-19(21)20-13-30-22(11-25-20)26-27-23(30)14-28(3)4/h6-7,10-13H,8-9,14H2,1-5H3. The Morgan fingerprint density at radius 2 is 1.94 bits per heavy atom. The number of ether oxygens (including phenoxy) is 1. The van der Waals surface area contributed by atoms with E-state index in [4.69, 9.17) is 4.74 Å². The zero-order chi connectivity index (χ0) is 22.1. The summed E-state index contributed by atoms with van der Waals surface area (Å²) in [4.78, 5) is 6.54. The molecule has 3 heterocycles. The Morgan fingerprint density at radius 1 is 1.13 bits per heavy atom. The van der Waals surface area contributed by atoms with Crippen LogP contribution < -0.4 is 4.74 Å². The van der Waals surface area contributed by atoms with Crippen LogP contribution in [0.15, 0.2) is 36.8 Å². The van der Waals surface area contributed by atoms with Crippen molar-refractivity contribution in [1.29, 1.82) is 0 Å². The lowest BCUT2D eigenvalue weighted by Gasteiger charge is -2.13. The summed E-state index contributed by atoms with van der Waals surface area (Å²) in [5.74, 6) is 0.938. The highest BCUT2D eigenvalue weighted by atomic mass is 19.1. The lowest BCUT2D eigenvalue weighted by atomic mass is 10.1. The van der Waals surface area contributed by atoms with Crippen molar-refractivity contribution in [3.8, 4) is 17.0 Å². The molecule has 0 amide bonds. The molecule has 0 bridgehead atoms. The maximum Gasteiger partial charge on any atom is 0.179 e. The summed E-state index contributed by atoms with van der Waals surface area (Å²) in [6.45, 7) is 5.29. The Kier molecular flexibility index (Phi) is 5.73. The maximum absolute atomic E-state index is 14.0. The van der Waals surface area contributed by atoms with Gasteiger partial charge in [-0.25, -0.2) is 4.39 Å². The van der Waals surface area contributed by atoms with Gasteiger partial charge in [0.15, 0.2) is 11.5 Å². The second kappa shape index (κ2) is 8.47. The average Bonchev–Trinajstić information content (AvgIpc) is 3.22. The molecule has 0 fully saturated rings. The van der Waals surface area contributed by atoms with E-state index >= 15 is 0 Å². The van der Waals surface area contributed by atoms with Crippen molar-refractivity contribution in [3.05, 3.63) is 65.3 Å². The van der Waals surface area contributed by atoms with Crippen molar-refractivity contribution >= 4 is 5.65 Å². The molecule has 0 saturated heterocycles. The first-order valence-corrected chi connectivity index (χ1v) is 10.2. The molecule has 4 aromatic rings. The fraction of sp³-hybridized carbons (Fsp3) is 0.348. The largest absolute Gasteiger partial charge is 0.492 e. The van der Waals surface area contributed by atoms with E-state index in [1.54, 1.807) is 12.3 Å². The van der Waals surface area contributed by atoms with E-state index in [9.17, 15) is 4.39 Å². The van der Waals surface area contributed by atoms with Crippen molar-refractivity contribution in [2.45, 2.75) is 26.8 Å². The molecule has 8 heteroatoms. The van der Waals surface area contributed by atoms with Crippen LogP contribution in [0.4, 0.5) is 4.39 Å². The Labute approximate surface area is 181 Å². The summed E-state index contributed by atoms with van der Waals surface area (Å²) < 4.78 is 24.1. The molecule has 0 saturated carbocycles. The Hall–Kier alpha value is -3.26. The van der Waals surface area contributed by atoms with E-state index in [2.05, 4.69) is 39.8 Å². The summed E-state index contributed by atoms with van der Waals surface area (Å²) in [7, 11) is 5.99. The molecule has 0 aliphatic heterocycles. The SMILES string of the molecule is Cc1cn(C)c(C)c1CCOc1cc(F)ccc1-c1cn2c(CN(C)C)nnc2cn1. The summed E-state index contributed by atoms with van der Waals surface area (Å²) in [6, 6.07) is 4.54. The van der Waals surface area contributed by atoms with E-state index in [0.717, 1.165) is 17.8 Å². The van der Waals surface area contributed by atoms with Crippen molar-refractivity contribution in [2.75, 3.05) is 20.7 Å². The van der Waals surface area contributed by atoms with Crippen molar-refractivity contribution in [1.82, 2.24) is 29.0 Å². The van der Waals surface area contributed by atoms with Gasteiger partial charge in [-0.15, -0.1) is 10.2 Å². The Bertz CT molecular complexity index is 1230. The molecule has 0 unspecified atom stereocenters. The highest BCUT2D eigenvalue weighted by Gasteiger charge is 2.14. The van der Waals surface area contributed by atoms with Crippen LogP contribution in [0.3, 0.4) is 0 Å². The van der Waals surface area contributed by atoms with Crippen molar-refractivity contribution < 1.29 is 9.13 Å². The number of aryl methyl sites for hydroxylation is 2. The van der Waals surface area contributed by atoms with E-state index < -0.39 is 0 Å². The van der Waals surface area contributed by atoms with E-state index in [-0.39, 0.29) is 5.82 Å². The molecule has 7 nitrogen and oxygen atoms in total. The minimum Gasteiger partial charge on any atom is -0.492 e. The number of nitrogens with zero attached hydrogens (tertiary/aromatic N) is 6. The van der Waals surface area contributed by atoms with Gasteiger partial charge in [0.1, 0.15) is 11.6 Å². The van der Waals surface area contributed by atoms with Crippen LogP contribution in [0.5, 0.6) is 5.75 Å². The summed E-state index contributed by atoms with van der Waals surface area (Å²) in [6.07, 6.45) is 6.41. The molecule has 0 aliphatic rings. The fourth-order valence-electron chi connectivity index (χ4n) is 3.81. The lowest BCUT2D eigenvalue weighted by Crippen LogP contribution is -2.13. The van der Waals surface area contributed by atoms with Crippen LogP contribution in [-0.2, 0) is 20.0 Å². The Morgan fingerprint density at radius 3 is 2.65 bits per heavy atom. The normalized spacial score (nSPS) is 11.6.